The largest absolute Gasteiger partial charge is 0.411 e. The number of rotatable bonds is 2. The molecule has 0 aromatic heterocycles. The lowest BCUT2D eigenvalue weighted by atomic mass is 10.1. The fraction of sp³-hybridized carbons (Fsp3) is 0.364. The van der Waals surface area contributed by atoms with Crippen LogP contribution < -0.4 is 9.03 Å². The Balaban J connectivity index is 2.59. The molecule has 18 heavy (non-hydrogen) atoms. The molecule has 0 radical (unpaired) electrons. The highest BCUT2D eigenvalue weighted by atomic mass is 32.2. The minimum absolute atomic E-state index is 0.360. The summed E-state index contributed by atoms with van der Waals surface area (Å²) >= 11 is 0. The average molecular weight is 269 g/mol. The summed E-state index contributed by atoms with van der Waals surface area (Å²) in [4.78, 5) is 0. The summed E-state index contributed by atoms with van der Waals surface area (Å²) in [6.07, 6.45) is 1.15. The molecule has 98 valence electrons. The molecular formula is C11H15N3O3S. The van der Waals surface area contributed by atoms with Gasteiger partial charge in [0, 0.05) is 19.2 Å². The van der Waals surface area contributed by atoms with E-state index >= 15 is 0 Å². The molecule has 1 aromatic carbocycles. The topological polar surface area (TPSA) is 82.0 Å². The number of para-hydroxylation sites is 1. The number of nitrogens with zero attached hydrogens (tertiary/aromatic N) is 2. The first-order valence-electron chi connectivity index (χ1n) is 5.61. The molecule has 0 saturated heterocycles. The van der Waals surface area contributed by atoms with Crippen LogP contribution in [0.5, 0.6) is 0 Å². The van der Waals surface area contributed by atoms with Crippen LogP contribution in [0.3, 0.4) is 0 Å². The van der Waals surface area contributed by atoms with Crippen molar-refractivity contribution < 1.29 is 13.6 Å². The van der Waals surface area contributed by atoms with Gasteiger partial charge in [0.1, 0.15) is 0 Å². The van der Waals surface area contributed by atoms with Crippen molar-refractivity contribution >= 4 is 21.6 Å². The van der Waals surface area contributed by atoms with E-state index in [1.54, 1.807) is 24.3 Å². The summed E-state index contributed by atoms with van der Waals surface area (Å²) in [7, 11) is -2.16. The fourth-order valence-corrected chi connectivity index (χ4v) is 3.05. The molecule has 2 N–H and O–H groups in total. The second-order valence-corrected chi connectivity index (χ2v) is 5.75. The normalized spacial score (nSPS) is 18.5. The van der Waals surface area contributed by atoms with Gasteiger partial charge in [0.2, 0.25) is 0 Å². The third-order valence-corrected chi connectivity index (χ3v) is 4.40. The van der Waals surface area contributed by atoms with Gasteiger partial charge in [-0.25, -0.2) is 4.72 Å². The number of fused-ring (bicyclic) bond motifs is 1. The van der Waals surface area contributed by atoms with Crippen molar-refractivity contribution in [3.05, 3.63) is 29.8 Å². The van der Waals surface area contributed by atoms with E-state index in [-0.39, 0.29) is 0 Å². The van der Waals surface area contributed by atoms with Gasteiger partial charge in [-0.2, -0.15) is 8.42 Å². The second-order valence-electron chi connectivity index (χ2n) is 3.95. The Kier molecular flexibility index (Phi) is 3.53. The lowest BCUT2D eigenvalue weighted by Gasteiger charge is -2.23. The SMILES string of the molecule is CNS(=O)(=O)N1CCC/C(=N/O)c2ccccc21. The maximum absolute atomic E-state index is 12.0. The standard InChI is InChI=1S/C11H15N3O3S/c1-12-18(16,17)14-8-4-6-10(13-15)9-5-2-3-7-11(9)14/h2-3,5,7,12,15H,4,6,8H2,1H3/b13-10-. The van der Waals surface area contributed by atoms with E-state index in [0.717, 1.165) is 0 Å². The van der Waals surface area contributed by atoms with Crippen LogP contribution in [0.2, 0.25) is 0 Å². The summed E-state index contributed by atoms with van der Waals surface area (Å²) in [6.45, 7) is 0.360. The monoisotopic (exact) mass is 269 g/mol. The number of oxime groups is 1. The number of hydrogen-bond donors (Lipinski definition) is 2. The number of anilines is 1. The third kappa shape index (κ3) is 2.19. The summed E-state index contributed by atoms with van der Waals surface area (Å²) in [5, 5.41) is 12.3. The first-order chi connectivity index (χ1) is 8.60. The van der Waals surface area contributed by atoms with Gasteiger partial charge in [0.25, 0.3) is 0 Å². The predicted octanol–water partition coefficient (Wildman–Crippen LogP) is 0.929. The van der Waals surface area contributed by atoms with E-state index in [2.05, 4.69) is 9.88 Å². The minimum Gasteiger partial charge on any atom is -0.411 e. The highest BCUT2D eigenvalue weighted by Crippen LogP contribution is 2.28. The predicted molar refractivity (Wildman–Crippen MR) is 69.3 cm³/mol. The molecule has 0 spiro atoms. The van der Waals surface area contributed by atoms with Crippen molar-refractivity contribution in [1.29, 1.82) is 0 Å². The molecule has 0 fully saturated rings. The molecule has 1 aliphatic heterocycles. The van der Waals surface area contributed by atoms with Gasteiger partial charge >= 0.3 is 10.2 Å². The summed E-state index contributed by atoms with van der Waals surface area (Å²) in [5.41, 5.74) is 1.70. The first kappa shape index (κ1) is 12.8. The molecular weight excluding hydrogens is 254 g/mol. The van der Waals surface area contributed by atoms with E-state index in [1.807, 2.05) is 0 Å². The van der Waals surface area contributed by atoms with Crippen molar-refractivity contribution in [2.24, 2.45) is 5.16 Å². The van der Waals surface area contributed by atoms with E-state index < -0.39 is 10.2 Å². The van der Waals surface area contributed by atoms with Crippen molar-refractivity contribution in [3.63, 3.8) is 0 Å². The molecule has 6 nitrogen and oxygen atoms in total. The van der Waals surface area contributed by atoms with Crippen LogP contribution in [-0.2, 0) is 10.2 Å². The smallest absolute Gasteiger partial charge is 0.301 e. The lowest BCUT2D eigenvalue weighted by molar-refractivity contribution is 0.318. The Morgan fingerprint density at radius 1 is 1.39 bits per heavy atom. The van der Waals surface area contributed by atoms with Gasteiger partial charge in [-0.1, -0.05) is 23.4 Å². The van der Waals surface area contributed by atoms with Crippen LogP contribution >= 0.6 is 0 Å². The molecule has 0 amide bonds. The highest BCUT2D eigenvalue weighted by molar-refractivity contribution is 7.90. The zero-order chi connectivity index (χ0) is 13.2. The molecule has 7 heteroatoms. The average Bonchev–Trinajstić information content (AvgIpc) is 2.58. The minimum atomic E-state index is -3.54. The zero-order valence-electron chi connectivity index (χ0n) is 10.00. The first-order valence-corrected chi connectivity index (χ1v) is 7.05. The van der Waals surface area contributed by atoms with E-state index in [0.29, 0.717) is 36.3 Å². The molecule has 1 aliphatic rings. The summed E-state index contributed by atoms with van der Waals surface area (Å²) in [5.74, 6) is 0. The number of nitrogens with one attached hydrogen (secondary N) is 1. The van der Waals surface area contributed by atoms with Crippen molar-refractivity contribution in [3.8, 4) is 0 Å². The van der Waals surface area contributed by atoms with E-state index in [9.17, 15) is 8.42 Å². The van der Waals surface area contributed by atoms with Crippen molar-refractivity contribution in [2.45, 2.75) is 12.8 Å². The van der Waals surface area contributed by atoms with Crippen LogP contribution in [-0.4, -0.2) is 32.9 Å². The Morgan fingerprint density at radius 3 is 2.78 bits per heavy atom. The molecule has 0 bridgehead atoms. The summed E-state index contributed by atoms with van der Waals surface area (Å²) in [6, 6.07) is 7.02. The molecule has 2 rings (SSSR count). The van der Waals surface area contributed by atoms with Gasteiger partial charge in [-0.15, -0.1) is 0 Å². The van der Waals surface area contributed by atoms with E-state index in [4.69, 9.17) is 5.21 Å². The highest BCUT2D eigenvalue weighted by Gasteiger charge is 2.27. The lowest BCUT2D eigenvalue weighted by Crippen LogP contribution is -2.39. The number of hydrogen-bond acceptors (Lipinski definition) is 4. The Morgan fingerprint density at radius 2 is 2.11 bits per heavy atom. The van der Waals surface area contributed by atoms with Gasteiger partial charge < -0.3 is 5.21 Å². The Bertz CT molecular complexity index is 569. The molecule has 0 atom stereocenters. The van der Waals surface area contributed by atoms with Crippen LogP contribution in [0.4, 0.5) is 5.69 Å². The third-order valence-electron chi connectivity index (χ3n) is 2.93. The Labute approximate surface area is 106 Å². The number of benzene rings is 1. The van der Waals surface area contributed by atoms with Crippen LogP contribution in [0.15, 0.2) is 29.4 Å². The molecule has 0 saturated carbocycles. The van der Waals surface area contributed by atoms with Gasteiger partial charge in [-0.05, 0) is 18.9 Å². The Hall–Kier alpha value is -1.60. The van der Waals surface area contributed by atoms with Crippen LogP contribution in [0.25, 0.3) is 0 Å². The van der Waals surface area contributed by atoms with Gasteiger partial charge in [0.15, 0.2) is 0 Å². The summed E-state index contributed by atoms with van der Waals surface area (Å²) < 4.78 is 27.6. The van der Waals surface area contributed by atoms with Crippen LogP contribution in [0, 0.1) is 0 Å². The van der Waals surface area contributed by atoms with Gasteiger partial charge in [0.05, 0.1) is 11.4 Å². The van der Waals surface area contributed by atoms with E-state index in [1.165, 1.54) is 11.4 Å². The van der Waals surface area contributed by atoms with Crippen LogP contribution in [0.1, 0.15) is 18.4 Å². The van der Waals surface area contributed by atoms with Gasteiger partial charge in [-0.3, -0.25) is 4.31 Å². The molecule has 1 heterocycles. The van der Waals surface area contributed by atoms with Crippen molar-refractivity contribution in [1.82, 2.24) is 4.72 Å². The molecule has 0 unspecified atom stereocenters. The zero-order valence-corrected chi connectivity index (χ0v) is 10.8. The second kappa shape index (κ2) is 4.95. The maximum atomic E-state index is 12.0. The maximum Gasteiger partial charge on any atom is 0.301 e. The van der Waals surface area contributed by atoms with Crippen molar-refractivity contribution in [2.75, 3.05) is 17.9 Å². The quantitative estimate of drug-likeness (QED) is 0.619. The molecule has 1 aromatic rings. The molecule has 0 aliphatic carbocycles. The fourth-order valence-electron chi connectivity index (χ4n) is 2.04.